The molecule has 0 saturated heterocycles. The number of likely N-dealkylation sites (N-methyl/N-ethyl adjacent to an activating group) is 1. The molecule has 20 heavy (non-hydrogen) atoms. The second-order valence-electron chi connectivity index (χ2n) is 5.63. The van der Waals surface area contributed by atoms with Gasteiger partial charge in [0.15, 0.2) is 0 Å². The minimum atomic E-state index is -3.58. The Balaban J connectivity index is 2.18. The first-order valence-corrected chi connectivity index (χ1v) is 8.22. The number of nitrogens with two attached hydrogens (primary N) is 1. The zero-order valence-corrected chi connectivity index (χ0v) is 13.0. The van der Waals surface area contributed by atoms with Crippen molar-refractivity contribution in [2.24, 2.45) is 5.73 Å². The number of nitrogens with zero attached hydrogens (tertiary/aromatic N) is 2. The highest BCUT2D eigenvalue weighted by Crippen LogP contribution is 2.35. The van der Waals surface area contributed by atoms with Gasteiger partial charge < -0.3 is 10.6 Å². The number of hydrogen-bond donors (Lipinski definition) is 3. The average Bonchev–Trinajstić information content (AvgIpc) is 2.69. The van der Waals surface area contributed by atoms with Crippen molar-refractivity contribution >= 4 is 10.0 Å². The molecule has 114 valence electrons. The summed E-state index contributed by atoms with van der Waals surface area (Å²) in [7, 11) is 0.392. The van der Waals surface area contributed by atoms with Crippen LogP contribution in [-0.2, 0) is 16.6 Å². The van der Waals surface area contributed by atoms with Gasteiger partial charge in [-0.05, 0) is 40.3 Å². The van der Waals surface area contributed by atoms with Crippen LogP contribution in [0.1, 0.15) is 30.7 Å². The number of aryl methyl sites for hydroxylation is 1. The standard InChI is InChI=1S/C12H23N5O2S/c1-9-11(10(7-13)16-15-9)20(18,19)14-8-12(17(2)3)5-4-6-12/h14H,4-8,13H2,1-3H3,(H,15,16). The predicted molar refractivity (Wildman–Crippen MR) is 76.7 cm³/mol. The molecule has 0 aliphatic heterocycles. The quantitative estimate of drug-likeness (QED) is 0.683. The van der Waals surface area contributed by atoms with Crippen LogP contribution in [0, 0.1) is 6.92 Å². The largest absolute Gasteiger partial charge is 0.325 e. The lowest BCUT2D eigenvalue weighted by atomic mass is 9.76. The fourth-order valence-corrected chi connectivity index (χ4v) is 4.12. The molecule has 1 saturated carbocycles. The molecule has 8 heteroatoms. The molecule has 0 radical (unpaired) electrons. The molecule has 0 unspecified atom stereocenters. The Kier molecular flexibility index (Phi) is 4.19. The smallest absolute Gasteiger partial charge is 0.244 e. The van der Waals surface area contributed by atoms with Gasteiger partial charge in [0.25, 0.3) is 0 Å². The van der Waals surface area contributed by atoms with Crippen LogP contribution in [0.15, 0.2) is 4.90 Å². The molecule has 1 aromatic heterocycles. The van der Waals surface area contributed by atoms with E-state index >= 15 is 0 Å². The highest BCUT2D eigenvalue weighted by molar-refractivity contribution is 7.89. The Morgan fingerprint density at radius 3 is 2.55 bits per heavy atom. The summed E-state index contributed by atoms with van der Waals surface area (Å²) < 4.78 is 27.6. The summed E-state index contributed by atoms with van der Waals surface area (Å²) in [5.74, 6) is 0. The number of sulfonamides is 1. The monoisotopic (exact) mass is 301 g/mol. The second-order valence-corrected chi connectivity index (χ2v) is 7.33. The first-order chi connectivity index (χ1) is 9.32. The van der Waals surface area contributed by atoms with E-state index in [1.54, 1.807) is 6.92 Å². The predicted octanol–water partition coefficient (Wildman–Crippen LogP) is -0.0606. The minimum absolute atomic E-state index is 0.0619. The van der Waals surface area contributed by atoms with Crippen molar-refractivity contribution in [3.63, 3.8) is 0 Å². The maximum Gasteiger partial charge on any atom is 0.244 e. The van der Waals surface area contributed by atoms with E-state index in [2.05, 4.69) is 19.8 Å². The van der Waals surface area contributed by atoms with Gasteiger partial charge in [0.1, 0.15) is 4.90 Å². The fourth-order valence-electron chi connectivity index (χ4n) is 2.63. The third-order valence-corrected chi connectivity index (χ3v) is 5.85. The first kappa shape index (κ1) is 15.4. The number of nitrogens with one attached hydrogen (secondary N) is 2. The van der Waals surface area contributed by atoms with Gasteiger partial charge in [-0.1, -0.05) is 0 Å². The van der Waals surface area contributed by atoms with Crippen LogP contribution in [-0.4, -0.2) is 49.7 Å². The van der Waals surface area contributed by atoms with Gasteiger partial charge in [0.05, 0.1) is 11.4 Å². The van der Waals surface area contributed by atoms with Crippen LogP contribution in [0.25, 0.3) is 0 Å². The van der Waals surface area contributed by atoms with Crippen molar-refractivity contribution in [2.45, 2.75) is 43.2 Å². The second kappa shape index (κ2) is 5.44. The van der Waals surface area contributed by atoms with Crippen LogP contribution in [0.3, 0.4) is 0 Å². The van der Waals surface area contributed by atoms with E-state index in [1.807, 2.05) is 14.1 Å². The topological polar surface area (TPSA) is 104 Å². The molecule has 0 aromatic carbocycles. The van der Waals surface area contributed by atoms with Gasteiger partial charge in [-0.2, -0.15) is 5.10 Å². The Bertz CT molecular complexity index is 575. The molecule has 1 aliphatic carbocycles. The van der Waals surface area contributed by atoms with Gasteiger partial charge in [-0.15, -0.1) is 0 Å². The molecule has 0 spiro atoms. The van der Waals surface area contributed by atoms with E-state index in [4.69, 9.17) is 5.73 Å². The molecule has 4 N–H and O–H groups in total. The Hall–Kier alpha value is -0.960. The summed E-state index contributed by atoms with van der Waals surface area (Å²) in [6.07, 6.45) is 3.16. The summed E-state index contributed by atoms with van der Waals surface area (Å²) in [6.45, 7) is 2.20. The van der Waals surface area contributed by atoms with Crippen molar-refractivity contribution < 1.29 is 8.42 Å². The summed E-state index contributed by atoms with van der Waals surface area (Å²) in [5.41, 5.74) is 6.38. The zero-order valence-electron chi connectivity index (χ0n) is 12.2. The maximum atomic E-state index is 12.5. The third-order valence-electron chi connectivity index (χ3n) is 4.25. The average molecular weight is 301 g/mol. The van der Waals surface area contributed by atoms with E-state index in [9.17, 15) is 8.42 Å². The van der Waals surface area contributed by atoms with Gasteiger partial charge in [0, 0.05) is 18.6 Å². The lowest BCUT2D eigenvalue weighted by molar-refractivity contribution is 0.0656. The SMILES string of the molecule is Cc1[nH]nc(CN)c1S(=O)(=O)NCC1(N(C)C)CCC1. The third kappa shape index (κ3) is 2.60. The summed E-state index contributed by atoms with van der Waals surface area (Å²) in [6, 6.07) is 0. The van der Waals surface area contributed by atoms with Crippen molar-refractivity contribution in [3.05, 3.63) is 11.4 Å². The van der Waals surface area contributed by atoms with E-state index in [0.29, 0.717) is 17.9 Å². The van der Waals surface area contributed by atoms with Gasteiger partial charge in [0.2, 0.25) is 10.0 Å². The number of aromatic amines is 1. The highest BCUT2D eigenvalue weighted by Gasteiger charge is 2.40. The number of rotatable bonds is 6. The Morgan fingerprint density at radius 1 is 1.45 bits per heavy atom. The molecule has 0 amide bonds. The Morgan fingerprint density at radius 2 is 2.10 bits per heavy atom. The molecular formula is C12H23N5O2S. The molecule has 1 heterocycles. The lowest BCUT2D eigenvalue weighted by Gasteiger charge is -2.47. The normalized spacial score (nSPS) is 18.2. The molecule has 0 bridgehead atoms. The van der Waals surface area contributed by atoms with Crippen LogP contribution >= 0.6 is 0 Å². The van der Waals surface area contributed by atoms with Crippen LogP contribution < -0.4 is 10.5 Å². The van der Waals surface area contributed by atoms with Crippen LogP contribution in [0.4, 0.5) is 0 Å². The zero-order chi connectivity index (χ0) is 15.0. The number of H-pyrrole nitrogens is 1. The summed E-state index contributed by atoms with van der Waals surface area (Å²) in [5, 5.41) is 6.62. The number of aromatic nitrogens is 2. The van der Waals surface area contributed by atoms with Crippen molar-refractivity contribution in [1.29, 1.82) is 0 Å². The summed E-state index contributed by atoms with van der Waals surface area (Å²) in [4.78, 5) is 2.29. The molecule has 7 nitrogen and oxygen atoms in total. The lowest BCUT2D eigenvalue weighted by Crippen LogP contribution is -2.57. The minimum Gasteiger partial charge on any atom is -0.325 e. The van der Waals surface area contributed by atoms with Gasteiger partial charge in [-0.25, -0.2) is 13.1 Å². The molecule has 1 aliphatic rings. The summed E-state index contributed by atoms with van der Waals surface area (Å²) >= 11 is 0. The Labute approximate surface area is 120 Å². The van der Waals surface area contributed by atoms with Crippen LogP contribution in [0.2, 0.25) is 0 Å². The number of hydrogen-bond acceptors (Lipinski definition) is 5. The van der Waals surface area contributed by atoms with Crippen molar-refractivity contribution in [3.8, 4) is 0 Å². The van der Waals surface area contributed by atoms with Crippen molar-refractivity contribution in [2.75, 3.05) is 20.6 Å². The molecule has 2 rings (SSSR count). The van der Waals surface area contributed by atoms with Gasteiger partial charge in [-0.3, -0.25) is 5.10 Å². The molecule has 0 atom stereocenters. The van der Waals surface area contributed by atoms with E-state index in [1.165, 1.54) is 0 Å². The van der Waals surface area contributed by atoms with E-state index < -0.39 is 10.0 Å². The maximum absolute atomic E-state index is 12.5. The molecule has 1 fully saturated rings. The first-order valence-electron chi connectivity index (χ1n) is 6.73. The molecular weight excluding hydrogens is 278 g/mol. The van der Waals surface area contributed by atoms with Crippen LogP contribution in [0.5, 0.6) is 0 Å². The van der Waals surface area contributed by atoms with Crippen molar-refractivity contribution in [1.82, 2.24) is 19.8 Å². The van der Waals surface area contributed by atoms with E-state index in [0.717, 1.165) is 19.3 Å². The molecule has 1 aromatic rings. The van der Waals surface area contributed by atoms with E-state index in [-0.39, 0.29) is 17.0 Å². The fraction of sp³-hybridized carbons (Fsp3) is 0.750. The highest BCUT2D eigenvalue weighted by atomic mass is 32.2. The van der Waals surface area contributed by atoms with Gasteiger partial charge >= 0.3 is 0 Å².